The fourth-order valence-electron chi connectivity index (χ4n) is 2.98. The van der Waals surface area contributed by atoms with E-state index in [1.54, 1.807) is 6.21 Å². The summed E-state index contributed by atoms with van der Waals surface area (Å²) in [6, 6.07) is 22.7. The normalized spacial score (nSPS) is 11.5. The Hall–Kier alpha value is -3.47. The van der Waals surface area contributed by atoms with Crippen molar-refractivity contribution in [3.63, 3.8) is 0 Å². The molecule has 2 aromatic carbocycles. The van der Waals surface area contributed by atoms with E-state index >= 15 is 0 Å². The minimum Gasteiger partial charge on any atom is -0.402 e. The highest BCUT2D eigenvalue weighted by molar-refractivity contribution is 5.79. The maximum Gasteiger partial charge on any atom is 0.342 e. The predicted molar refractivity (Wildman–Crippen MR) is 111 cm³/mol. The lowest BCUT2D eigenvalue weighted by Crippen LogP contribution is -2.02. The number of hydrogen-bond acceptors (Lipinski definition) is 4. The molecule has 0 aliphatic carbocycles. The van der Waals surface area contributed by atoms with E-state index in [1.807, 2.05) is 48.7 Å². The van der Waals surface area contributed by atoms with Crippen molar-refractivity contribution in [3.8, 4) is 11.5 Å². The molecule has 2 aromatic heterocycles. The summed E-state index contributed by atoms with van der Waals surface area (Å²) in [5.74, 6) is 1.01. The molecule has 2 heterocycles. The second-order valence-electron chi connectivity index (χ2n) is 6.97. The summed E-state index contributed by atoms with van der Waals surface area (Å²) >= 11 is 0. The molecule has 0 aliphatic heterocycles. The molecule has 4 rings (SSSR count). The number of aliphatic imine (C=N–C) groups is 1. The summed E-state index contributed by atoms with van der Waals surface area (Å²) in [4.78, 5) is 4.35. The summed E-state index contributed by atoms with van der Waals surface area (Å²) in [6.07, 6.45) is 3.80. The Balaban J connectivity index is 1.48. The molecule has 0 saturated heterocycles. The number of aromatic nitrogens is 3. The molecule has 0 spiro atoms. The van der Waals surface area contributed by atoms with Gasteiger partial charge in [0.25, 0.3) is 0 Å². The van der Waals surface area contributed by atoms with Gasteiger partial charge in [-0.1, -0.05) is 61.4 Å². The van der Waals surface area contributed by atoms with Crippen LogP contribution in [0.15, 0.2) is 82.3 Å². The van der Waals surface area contributed by atoms with Gasteiger partial charge in [-0.25, -0.2) is 0 Å². The van der Waals surface area contributed by atoms with Crippen LogP contribution in [0.2, 0.25) is 0 Å². The first-order valence-electron chi connectivity index (χ1n) is 9.36. The second kappa shape index (κ2) is 8.05. The average molecular weight is 370 g/mol. The quantitative estimate of drug-likeness (QED) is 0.423. The van der Waals surface area contributed by atoms with Crippen molar-refractivity contribution in [2.45, 2.75) is 26.3 Å². The van der Waals surface area contributed by atoms with Gasteiger partial charge in [0.2, 0.25) is 5.89 Å². The lowest BCUT2D eigenvalue weighted by molar-refractivity contribution is 0.580. The van der Waals surface area contributed by atoms with E-state index in [-0.39, 0.29) is 6.01 Å². The Morgan fingerprint density at radius 3 is 2.50 bits per heavy atom. The van der Waals surface area contributed by atoms with Crippen LogP contribution >= 0.6 is 0 Å². The zero-order valence-corrected chi connectivity index (χ0v) is 16.0. The molecular formula is C23H22N4O. The van der Waals surface area contributed by atoms with Crippen LogP contribution < -0.4 is 0 Å². The van der Waals surface area contributed by atoms with E-state index in [2.05, 4.69) is 57.9 Å². The van der Waals surface area contributed by atoms with Gasteiger partial charge in [-0.15, -0.1) is 5.10 Å². The van der Waals surface area contributed by atoms with Gasteiger partial charge in [0.1, 0.15) is 0 Å². The minimum absolute atomic E-state index is 0.243. The highest BCUT2D eigenvalue weighted by atomic mass is 16.4. The van der Waals surface area contributed by atoms with Crippen molar-refractivity contribution in [1.82, 2.24) is 14.8 Å². The summed E-state index contributed by atoms with van der Waals surface area (Å²) in [6.45, 7) is 5.19. The highest BCUT2D eigenvalue weighted by Gasteiger charge is 2.07. The molecule has 140 valence electrons. The van der Waals surface area contributed by atoms with Gasteiger partial charge < -0.3 is 8.98 Å². The van der Waals surface area contributed by atoms with Crippen LogP contribution in [0.1, 0.15) is 36.6 Å². The summed E-state index contributed by atoms with van der Waals surface area (Å²) in [5, 5.41) is 8.07. The topological polar surface area (TPSA) is 56.2 Å². The molecule has 28 heavy (non-hydrogen) atoms. The van der Waals surface area contributed by atoms with Gasteiger partial charge in [0.15, 0.2) is 0 Å². The summed E-state index contributed by atoms with van der Waals surface area (Å²) < 4.78 is 7.77. The van der Waals surface area contributed by atoms with Crippen LogP contribution in [-0.4, -0.2) is 21.0 Å². The van der Waals surface area contributed by atoms with Crippen molar-refractivity contribution in [2.24, 2.45) is 4.99 Å². The first kappa shape index (κ1) is 17.9. The van der Waals surface area contributed by atoms with E-state index in [0.717, 1.165) is 17.8 Å². The van der Waals surface area contributed by atoms with Gasteiger partial charge in [-0.3, -0.25) is 0 Å². The fraction of sp³-hybridized carbons (Fsp3) is 0.174. The van der Waals surface area contributed by atoms with E-state index in [9.17, 15) is 0 Å². The highest BCUT2D eigenvalue weighted by Crippen LogP contribution is 2.21. The summed E-state index contributed by atoms with van der Waals surface area (Å²) in [7, 11) is 0. The molecule has 4 aromatic rings. The van der Waals surface area contributed by atoms with Crippen molar-refractivity contribution in [3.05, 3.63) is 89.7 Å². The van der Waals surface area contributed by atoms with Gasteiger partial charge in [0, 0.05) is 18.3 Å². The first-order valence-corrected chi connectivity index (χ1v) is 9.36. The summed E-state index contributed by atoms with van der Waals surface area (Å²) in [5.41, 5.74) is 4.46. The third-order valence-electron chi connectivity index (χ3n) is 4.61. The van der Waals surface area contributed by atoms with Crippen LogP contribution in [0, 0.1) is 0 Å². The number of benzene rings is 2. The molecule has 0 fully saturated rings. The smallest absolute Gasteiger partial charge is 0.342 e. The molecule has 0 radical (unpaired) electrons. The van der Waals surface area contributed by atoms with E-state index < -0.39 is 0 Å². The molecule has 5 heteroatoms. The van der Waals surface area contributed by atoms with Gasteiger partial charge in [-0.2, -0.15) is 4.99 Å². The van der Waals surface area contributed by atoms with Crippen LogP contribution in [0.5, 0.6) is 0 Å². The van der Waals surface area contributed by atoms with Gasteiger partial charge in [0.05, 0.1) is 11.9 Å². The first-order chi connectivity index (χ1) is 13.7. The SMILES string of the molecule is CC(C)c1ccc(Cn2cccc2/C=N\c2nnc(-c3ccccc3)o2)cc1. The van der Waals surface area contributed by atoms with E-state index in [1.165, 1.54) is 11.1 Å². The Bertz CT molecular complexity index is 1060. The van der Waals surface area contributed by atoms with Crippen molar-refractivity contribution < 1.29 is 4.42 Å². The van der Waals surface area contributed by atoms with Crippen molar-refractivity contribution in [1.29, 1.82) is 0 Å². The lowest BCUT2D eigenvalue weighted by atomic mass is 10.0. The fourth-order valence-corrected chi connectivity index (χ4v) is 2.98. The zero-order chi connectivity index (χ0) is 19.3. The Labute approximate surface area is 164 Å². The Kier molecular flexibility index (Phi) is 5.15. The molecule has 0 N–H and O–H groups in total. The average Bonchev–Trinajstić information content (AvgIpc) is 3.37. The molecular weight excluding hydrogens is 348 g/mol. The number of hydrogen-bond donors (Lipinski definition) is 0. The molecule has 0 aliphatic rings. The maximum atomic E-state index is 5.63. The zero-order valence-electron chi connectivity index (χ0n) is 16.0. The van der Waals surface area contributed by atoms with Crippen molar-refractivity contribution in [2.75, 3.05) is 0 Å². The Morgan fingerprint density at radius 2 is 1.75 bits per heavy atom. The molecule has 5 nitrogen and oxygen atoms in total. The van der Waals surface area contributed by atoms with Gasteiger partial charge >= 0.3 is 6.01 Å². The number of nitrogens with zero attached hydrogens (tertiary/aromatic N) is 4. The number of rotatable bonds is 6. The molecule has 0 atom stereocenters. The molecule has 0 amide bonds. The molecule has 0 unspecified atom stereocenters. The maximum absolute atomic E-state index is 5.63. The minimum atomic E-state index is 0.243. The predicted octanol–water partition coefficient (Wildman–Crippen LogP) is 5.46. The van der Waals surface area contributed by atoms with Crippen LogP contribution in [0.4, 0.5) is 6.01 Å². The monoisotopic (exact) mass is 370 g/mol. The lowest BCUT2D eigenvalue weighted by Gasteiger charge is -2.09. The standard InChI is InChI=1S/C23H22N4O/c1-17(2)19-12-10-18(11-13-19)16-27-14-6-9-21(27)15-24-23-26-25-22(28-23)20-7-4-3-5-8-20/h3-15,17H,16H2,1-2H3/b24-15-. The second-order valence-corrected chi connectivity index (χ2v) is 6.97. The molecule has 0 bridgehead atoms. The van der Waals surface area contributed by atoms with Gasteiger partial charge in [-0.05, 0) is 41.3 Å². The molecule has 0 saturated carbocycles. The largest absolute Gasteiger partial charge is 0.402 e. The third-order valence-corrected chi connectivity index (χ3v) is 4.61. The van der Waals surface area contributed by atoms with Crippen LogP contribution in [0.25, 0.3) is 11.5 Å². The van der Waals surface area contributed by atoms with Crippen LogP contribution in [-0.2, 0) is 6.54 Å². The third kappa shape index (κ3) is 4.09. The van der Waals surface area contributed by atoms with E-state index in [4.69, 9.17) is 4.42 Å². The van der Waals surface area contributed by atoms with E-state index in [0.29, 0.717) is 11.8 Å². The Morgan fingerprint density at radius 1 is 0.964 bits per heavy atom. The van der Waals surface area contributed by atoms with Crippen molar-refractivity contribution >= 4 is 12.2 Å². The van der Waals surface area contributed by atoms with Crippen LogP contribution in [0.3, 0.4) is 0 Å².